The van der Waals surface area contributed by atoms with Crippen LogP contribution in [0.15, 0.2) is 0 Å². The van der Waals surface area contributed by atoms with Gasteiger partial charge >= 0.3 is 0 Å². The van der Waals surface area contributed by atoms with Crippen molar-refractivity contribution in [1.29, 1.82) is 5.26 Å². The van der Waals surface area contributed by atoms with Crippen molar-refractivity contribution in [1.82, 2.24) is 0 Å². The van der Waals surface area contributed by atoms with Gasteiger partial charge in [0.1, 0.15) is 9.84 Å². The van der Waals surface area contributed by atoms with E-state index >= 15 is 0 Å². The zero-order valence-corrected chi connectivity index (χ0v) is 10.1. The van der Waals surface area contributed by atoms with Gasteiger partial charge in [-0.15, -0.1) is 0 Å². The quantitative estimate of drug-likeness (QED) is 0.726. The molecule has 3 nitrogen and oxygen atoms in total. The molecule has 0 amide bonds. The maximum Gasteiger partial charge on any atom is 0.150 e. The predicted octanol–water partition coefficient (Wildman–Crippen LogP) is 2.29. The second-order valence-corrected chi connectivity index (χ2v) is 6.80. The lowest BCUT2D eigenvalue weighted by molar-refractivity contribution is 0.395. The smallest absolute Gasteiger partial charge is 0.150 e. The first-order valence-electron chi connectivity index (χ1n) is 5.65. The van der Waals surface area contributed by atoms with Gasteiger partial charge in [-0.05, 0) is 25.7 Å². The summed E-state index contributed by atoms with van der Waals surface area (Å²) in [5.41, 5.74) is -0.333. The number of nitrogens with zero attached hydrogens (tertiary/aromatic N) is 1. The molecule has 0 unspecified atom stereocenters. The Hall–Kier alpha value is -0.560. The Kier molecular flexibility index (Phi) is 4.15. The van der Waals surface area contributed by atoms with Gasteiger partial charge in [0.25, 0.3) is 0 Å². The molecule has 0 heterocycles. The molecule has 15 heavy (non-hydrogen) atoms. The van der Waals surface area contributed by atoms with Crippen LogP contribution in [0.2, 0.25) is 0 Å². The van der Waals surface area contributed by atoms with Crippen molar-refractivity contribution >= 4 is 9.84 Å². The number of hydrogen-bond donors (Lipinski definition) is 0. The van der Waals surface area contributed by atoms with Gasteiger partial charge in [0.2, 0.25) is 0 Å². The molecule has 0 bridgehead atoms. The van der Waals surface area contributed by atoms with E-state index < -0.39 is 9.84 Å². The summed E-state index contributed by atoms with van der Waals surface area (Å²) < 4.78 is 23.1. The van der Waals surface area contributed by atoms with Crippen molar-refractivity contribution in [3.05, 3.63) is 0 Å². The van der Waals surface area contributed by atoms with E-state index in [0.29, 0.717) is 12.8 Å². The number of sulfone groups is 1. The highest BCUT2D eigenvalue weighted by Crippen LogP contribution is 2.40. The van der Waals surface area contributed by atoms with E-state index in [9.17, 15) is 8.42 Å². The topological polar surface area (TPSA) is 57.9 Å². The third kappa shape index (κ3) is 3.49. The molecule has 1 aliphatic rings. The first kappa shape index (κ1) is 12.5. The Morgan fingerprint density at radius 2 is 1.87 bits per heavy atom. The zero-order chi connectivity index (χ0) is 11.4. The molecule has 1 fully saturated rings. The van der Waals surface area contributed by atoms with Gasteiger partial charge in [-0.1, -0.05) is 19.8 Å². The Balaban J connectivity index is 2.52. The van der Waals surface area contributed by atoms with Crippen LogP contribution in [0.25, 0.3) is 0 Å². The van der Waals surface area contributed by atoms with Gasteiger partial charge in [-0.3, -0.25) is 0 Å². The molecule has 1 rings (SSSR count). The highest BCUT2D eigenvalue weighted by molar-refractivity contribution is 7.91. The van der Waals surface area contributed by atoms with Gasteiger partial charge in [-0.25, -0.2) is 8.42 Å². The molecule has 0 radical (unpaired) electrons. The van der Waals surface area contributed by atoms with Gasteiger partial charge in [0.15, 0.2) is 0 Å². The third-order valence-corrected chi connectivity index (χ3v) is 5.06. The molecular formula is C11H19NO2S. The van der Waals surface area contributed by atoms with Crippen LogP contribution < -0.4 is 0 Å². The summed E-state index contributed by atoms with van der Waals surface area (Å²) in [6.07, 6.45) is 5.10. The minimum absolute atomic E-state index is 0.189. The van der Waals surface area contributed by atoms with Crippen molar-refractivity contribution in [2.24, 2.45) is 5.41 Å². The second-order valence-electron chi connectivity index (χ2n) is 4.50. The molecule has 1 saturated carbocycles. The van der Waals surface area contributed by atoms with Crippen molar-refractivity contribution < 1.29 is 8.42 Å². The zero-order valence-electron chi connectivity index (χ0n) is 9.33. The summed E-state index contributed by atoms with van der Waals surface area (Å²) in [6.45, 7) is 1.87. The molecule has 1 aliphatic carbocycles. The van der Waals surface area contributed by atoms with Gasteiger partial charge in [0, 0.05) is 5.75 Å². The summed E-state index contributed by atoms with van der Waals surface area (Å²) in [5, 5.41) is 9.10. The van der Waals surface area contributed by atoms with E-state index in [2.05, 4.69) is 6.07 Å². The summed E-state index contributed by atoms with van der Waals surface area (Å²) in [4.78, 5) is 0. The second kappa shape index (κ2) is 4.98. The maximum absolute atomic E-state index is 11.5. The minimum atomic E-state index is -2.92. The van der Waals surface area contributed by atoms with Crippen molar-refractivity contribution in [3.63, 3.8) is 0 Å². The number of nitriles is 1. The fourth-order valence-corrected chi connectivity index (χ4v) is 3.76. The molecule has 86 valence electrons. The standard InChI is InChI=1S/C11H19NO2S/c1-2-8-15(13,14)9-7-11(10-12)5-3-4-6-11/h2-9H2,1H3. The fraction of sp³-hybridized carbons (Fsp3) is 0.909. The molecule has 0 aromatic heterocycles. The largest absolute Gasteiger partial charge is 0.229 e. The molecular weight excluding hydrogens is 210 g/mol. The Bertz CT molecular complexity index is 334. The van der Waals surface area contributed by atoms with E-state index in [1.54, 1.807) is 0 Å². The van der Waals surface area contributed by atoms with Crippen LogP contribution in [0.1, 0.15) is 45.4 Å². The van der Waals surface area contributed by atoms with Crippen LogP contribution >= 0.6 is 0 Å². The molecule has 0 aliphatic heterocycles. The van der Waals surface area contributed by atoms with Crippen molar-refractivity contribution in [3.8, 4) is 6.07 Å². The summed E-state index contributed by atoms with van der Waals surface area (Å²) in [5.74, 6) is 0.447. The van der Waals surface area contributed by atoms with Crippen LogP contribution in [0.5, 0.6) is 0 Å². The number of rotatable bonds is 5. The maximum atomic E-state index is 11.5. The Morgan fingerprint density at radius 3 is 2.33 bits per heavy atom. The molecule has 0 atom stereocenters. The summed E-state index contributed by atoms with van der Waals surface area (Å²) in [6, 6.07) is 2.33. The van der Waals surface area contributed by atoms with Gasteiger partial charge in [-0.2, -0.15) is 5.26 Å². The van der Waals surface area contributed by atoms with Crippen LogP contribution in [-0.4, -0.2) is 19.9 Å². The lowest BCUT2D eigenvalue weighted by Gasteiger charge is -2.19. The Morgan fingerprint density at radius 1 is 1.27 bits per heavy atom. The highest BCUT2D eigenvalue weighted by atomic mass is 32.2. The summed E-state index contributed by atoms with van der Waals surface area (Å²) in [7, 11) is -2.92. The average molecular weight is 229 g/mol. The van der Waals surface area contributed by atoms with E-state index in [1.807, 2.05) is 6.92 Å². The van der Waals surface area contributed by atoms with Gasteiger partial charge in [0.05, 0.1) is 17.2 Å². The summed E-state index contributed by atoms with van der Waals surface area (Å²) >= 11 is 0. The van der Waals surface area contributed by atoms with E-state index in [4.69, 9.17) is 5.26 Å². The first-order valence-corrected chi connectivity index (χ1v) is 7.47. The van der Waals surface area contributed by atoms with Gasteiger partial charge < -0.3 is 0 Å². The molecule has 0 spiro atoms. The molecule has 0 aromatic carbocycles. The van der Waals surface area contributed by atoms with Crippen molar-refractivity contribution in [2.45, 2.75) is 45.4 Å². The predicted molar refractivity (Wildman–Crippen MR) is 60.1 cm³/mol. The average Bonchev–Trinajstić information content (AvgIpc) is 2.64. The highest BCUT2D eigenvalue weighted by Gasteiger charge is 2.34. The SMILES string of the molecule is CCCS(=O)(=O)CCC1(C#N)CCCC1. The molecule has 0 saturated heterocycles. The lowest BCUT2D eigenvalue weighted by Crippen LogP contribution is -2.20. The monoisotopic (exact) mass is 229 g/mol. The molecule has 0 aromatic rings. The van der Waals surface area contributed by atoms with Crippen molar-refractivity contribution in [2.75, 3.05) is 11.5 Å². The van der Waals surface area contributed by atoms with Crippen LogP contribution in [-0.2, 0) is 9.84 Å². The Labute approximate surface area is 92.4 Å². The normalized spacial score (nSPS) is 20.0. The fourth-order valence-electron chi connectivity index (χ4n) is 2.23. The first-order chi connectivity index (χ1) is 7.04. The lowest BCUT2D eigenvalue weighted by atomic mass is 9.85. The molecule has 4 heteroatoms. The van der Waals surface area contributed by atoms with E-state index in [0.717, 1.165) is 25.7 Å². The third-order valence-electron chi connectivity index (χ3n) is 3.20. The van der Waals surface area contributed by atoms with Crippen LogP contribution in [0.3, 0.4) is 0 Å². The van der Waals surface area contributed by atoms with Crippen LogP contribution in [0, 0.1) is 16.7 Å². The van der Waals surface area contributed by atoms with E-state index in [1.165, 1.54) is 0 Å². The number of hydrogen-bond acceptors (Lipinski definition) is 3. The van der Waals surface area contributed by atoms with E-state index in [-0.39, 0.29) is 16.9 Å². The van der Waals surface area contributed by atoms with Crippen LogP contribution in [0.4, 0.5) is 0 Å². The molecule has 0 N–H and O–H groups in total. The minimum Gasteiger partial charge on any atom is -0.229 e.